The molecule has 0 radical (unpaired) electrons. The van der Waals surface area contributed by atoms with E-state index in [-0.39, 0.29) is 11.8 Å². The molecule has 29 heavy (non-hydrogen) atoms. The first-order valence-corrected chi connectivity index (χ1v) is 10.6. The fraction of sp³-hybridized carbons (Fsp3) is 0.478. The molecule has 1 N–H and O–H groups in total. The zero-order valence-corrected chi connectivity index (χ0v) is 17.4. The molecule has 2 heterocycles. The van der Waals surface area contributed by atoms with Gasteiger partial charge in [0.05, 0.1) is 24.1 Å². The topological polar surface area (TPSA) is 65.8 Å². The fourth-order valence-electron chi connectivity index (χ4n) is 3.63. The lowest BCUT2D eigenvalue weighted by Gasteiger charge is -2.28. The largest absolute Gasteiger partial charge is 0.467 e. The quantitative estimate of drug-likeness (QED) is 0.668. The molecule has 2 aromatic rings. The highest BCUT2D eigenvalue weighted by Gasteiger charge is 2.25. The summed E-state index contributed by atoms with van der Waals surface area (Å²) in [6, 6.07) is 9.49. The first-order chi connectivity index (χ1) is 14.1. The molecule has 6 heteroatoms. The van der Waals surface area contributed by atoms with Gasteiger partial charge in [-0.2, -0.15) is 0 Å². The monoisotopic (exact) mass is 397 g/mol. The van der Waals surface area contributed by atoms with Gasteiger partial charge in [0.2, 0.25) is 5.91 Å². The molecule has 1 fully saturated rings. The standard InChI is InChI=1S/C23H31N3O3/c1-3-5-12-26(17-19-9-8-15-29-19)21-11-10-18(24-22(27)4-2)16-20(21)23(28)25-13-6-7-14-25/h8-11,15-16H,3-7,12-14,17H2,1-2H3,(H,24,27). The Morgan fingerprint density at radius 3 is 2.62 bits per heavy atom. The van der Waals surface area contributed by atoms with Crippen molar-refractivity contribution in [3.8, 4) is 0 Å². The summed E-state index contributed by atoms with van der Waals surface area (Å²) in [4.78, 5) is 29.3. The first-order valence-electron chi connectivity index (χ1n) is 10.6. The third-order valence-electron chi connectivity index (χ3n) is 5.27. The Labute approximate surface area is 172 Å². The van der Waals surface area contributed by atoms with Crippen molar-refractivity contribution in [3.63, 3.8) is 0 Å². The van der Waals surface area contributed by atoms with Gasteiger partial charge in [0, 0.05) is 31.7 Å². The third kappa shape index (κ3) is 5.40. The molecule has 0 aliphatic carbocycles. The molecule has 3 rings (SSSR count). The van der Waals surface area contributed by atoms with Crippen LogP contribution < -0.4 is 10.2 Å². The van der Waals surface area contributed by atoms with Gasteiger partial charge in [-0.15, -0.1) is 0 Å². The normalized spacial score (nSPS) is 13.5. The Morgan fingerprint density at radius 1 is 1.17 bits per heavy atom. The number of anilines is 2. The van der Waals surface area contributed by atoms with Gasteiger partial charge >= 0.3 is 0 Å². The molecule has 2 amide bonds. The SMILES string of the molecule is CCCCN(Cc1ccco1)c1ccc(NC(=O)CC)cc1C(=O)N1CCCC1. The van der Waals surface area contributed by atoms with E-state index in [0.717, 1.165) is 56.8 Å². The number of rotatable bonds is 9. The predicted molar refractivity (Wildman–Crippen MR) is 115 cm³/mol. The molecule has 0 atom stereocenters. The van der Waals surface area contributed by atoms with Gasteiger partial charge in [-0.1, -0.05) is 20.3 Å². The van der Waals surface area contributed by atoms with Crippen LogP contribution in [0.4, 0.5) is 11.4 Å². The van der Waals surface area contributed by atoms with Crippen molar-refractivity contribution in [2.45, 2.75) is 52.5 Å². The number of likely N-dealkylation sites (tertiary alicyclic amines) is 1. The van der Waals surface area contributed by atoms with Crippen molar-refractivity contribution < 1.29 is 14.0 Å². The summed E-state index contributed by atoms with van der Waals surface area (Å²) in [5.41, 5.74) is 2.20. The molecule has 1 saturated heterocycles. The minimum absolute atomic E-state index is 0.0334. The van der Waals surface area contributed by atoms with E-state index >= 15 is 0 Å². The van der Waals surface area contributed by atoms with Crippen molar-refractivity contribution in [1.29, 1.82) is 0 Å². The molecule has 156 valence electrons. The van der Waals surface area contributed by atoms with Crippen LogP contribution in [0.5, 0.6) is 0 Å². The highest BCUT2D eigenvalue weighted by Crippen LogP contribution is 2.29. The van der Waals surface area contributed by atoms with Crippen LogP contribution in [0, 0.1) is 0 Å². The molecule has 1 aromatic carbocycles. The van der Waals surface area contributed by atoms with Crippen molar-refractivity contribution in [2.75, 3.05) is 29.9 Å². The molecule has 0 saturated carbocycles. The number of carbonyl (C=O) groups excluding carboxylic acids is 2. The molecule has 0 unspecified atom stereocenters. The lowest BCUT2D eigenvalue weighted by atomic mass is 10.1. The van der Waals surface area contributed by atoms with Gasteiger partial charge in [-0.3, -0.25) is 9.59 Å². The molecule has 6 nitrogen and oxygen atoms in total. The highest BCUT2D eigenvalue weighted by atomic mass is 16.3. The van der Waals surface area contributed by atoms with Gasteiger partial charge in [-0.25, -0.2) is 0 Å². The maximum atomic E-state index is 13.3. The minimum atomic E-state index is -0.0595. The minimum Gasteiger partial charge on any atom is -0.467 e. The number of benzene rings is 1. The second kappa shape index (κ2) is 10.1. The van der Waals surface area contributed by atoms with Crippen molar-refractivity contribution >= 4 is 23.2 Å². The second-order valence-corrected chi connectivity index (χ2v) is 7.49. The number of furan rings is 1. The van der Waals surface area contributed by atoms with Crippen molar-refractivity contribution in [3.05, 3.63) is 47.9 Å². The number of carbonyl (C=O) groups is 2. The van der Waals surface area contributed by atoms with E-state index in [1.165, 1.54) is 0 Å². The van der Waals surface area contributed by atoms with Crippen LogP contribution in [0.2, 0.25) is 0 Å². The van der Waals surface area contributed by atoms with Crippen LogP contribution in [-0.4, -0.2) is 36.3 Å². The number of nitrogens with one attached hydrogen (secondary N) is 1. The van der Waals surface area contributed by atoms with E-state index in [1.807, 2.05) is 42.2 Å². The number of nitrogens with zero attached hydrogens (tertiary/aromatic N) is 2. The van der Waals surface area contributed by atoms with E-state index < -0.39 is 0 Å². The van der Waals surface area contributed by atoms with Crippen LogP contribution in [0.15, 0.2) is 41.0 Å². The van der Waals surface area contributed by atoms with Crippen LogP contribution in [0.25, 0.3) is 0 Å². The fourth-order valence-corrected chi connectivity index (χ4v) is 3.63. The molecule has 1 aliphatic heterocycles. The lowest BCUT2D eigenvalue weighted by Crippen LogP contribution is -2.31. The van der Waals surface area contributed by atoms with Crippen molar-refractivity contribution in [1.82, 2.24) is 4.90 Å². The second-order valence-electron chi connectivity index (χ2n) is 7.49. The summed E-state index contributed by atoms with van der Waals surface area (Å²) >= 11 is 0. The summed E-state index contributed by atoms with van der Waals surface area (Å²) in [5, 5.41) is 2.89. The van der Waals surface area contributed by atoms with E-state index in [4.69, 9.17) is 4.42 Å². The predicted octanol–water partition coefficient (Wildman–Crippen LogP) is 4.67. The van der Waals surface area contributed by atoms with Crippen LogP contribution in [0.1, 0.15) is 62.1 Å². The van der Waals surface area contributed by atoms with Crippen LogP contribution >= 0.6 is 0 Å². The average Bonchev–Trinajstić information content (AvgIpc) is 3.44. The van der Waals surface area contributed by atoms with Gasteiger partial charge < -0.3 is 19.5 Å². The van der Waals surface area contributed by atoms with Crippen molar-refractivity contribution in [2.24, 2.45) is 0 Å². The van der Waals surface area contributed by atoms with E-state index in [9.17, 15) is 9.59 Å². The number of amides is 2. The zero-order chi connectivity index (χ0) is 20.6. The van der Waals surface area contributed by atoms with Crippen LogP contribution in [-0.2, 0) is 11.3 Å². The summed E-state index contributed by atoms with van der Waals surface area (Å²) in [7, 11) is 0. The smallest absolute Gasteiger partial charge is 0.256 e. The maximum absolute atomic E-state index is 13.3. The molecule has 1 aromatic heterocycles. The Kier molecular flexibility index (Phi) is 7.33. The molecule has 1 aliphatic rings. The number of hydrogen-bond donors (Lipinski definition) is 1. The van der Waals surface area contributed by atoms with Gasteiger partial charge in [-0.05, 0) is 49.6 Å². The summed E-state index contributed by atoms with van der Waals surface area (Å²) in [6.45, 7) is 6.99. The average molecular weight is 398 g/mol. The van der Waals surface area contributed by atoms with Gasteiger partial charge in [0.15, 0.2) is 0 Å². The van der Waals surface area contributed by atoms with Gasteiger partial charge in [0.1, 0.15) is 5.76 Å². The van der Waals surface area contributed by atoms with Crippen LogP contribution in [0.3, 0.4) is 0 Å². The maximum Gasteiger partial charge on any atom is 0.256 e. The van der Waals surface area contributed by atoms with E-state index in [0.29, 0.717) is 24.2 Å². The zero-order valence-electron chi connectivity index (χ0n) is 17.4. The number of hydrogen-bond acceptors (Lipinski definition) is 4. The molecule has 0 spiro atoms. The molecular formula is C23H31N3O3. The Bertz CT molecular complexity index is 811. The first kappa shape index (κ1) is 21.0. The Balaban J connectivity index is 1.96. The molecule has 0 bridgehead atoms. The van der Waals surface area contributed by atoms with E-state index in [2.05, 4.69) is 17.1 Å². The van der Waals surface area contributed by atoms with E-state index in [1.54, 1.807) is 6.26 Å². The third-order valence-corrected chi connectivity index (χ3v) is 5.27. The summed E-state index contributed by atoms with van der Waals surface area (Å²) in [6.07, 6.45) is 6.24. The summed E-state index contributed by atoms with van der Waals surface area (Å²) < 4.78 is 5.56. The molecular weight excluding hydrogens is 366 g/mol. The Morgan fingerprint density at radius 2 is 1.97 bits per heavy atom. The lowest BCUT2D eigenvalue weighted by molar-refractivity contribution is -0.115. The highest BCUT2D eigenvalue weighted by molar-refractivity contribution is 6.02. The Hall–Kier alpha value is -2.76. The number of unbranched alkanes of at least 4 members (excludes halogenated alkanes) is 1. The van der Waals surface area contributed by atoms with Gasteiger partial charge in [0.25, 0.3) is 5.91 Å². The summed E-state index contributed by atoms with van der Waals surface area (Å²) in [5.74, 6) is 0.839.